The molecule has 3 heterocycles. The SMILES string of the molecule is Cc1cccnc1-c1nc(-c2cccnc2)cs1. The lowest BCUT2D eigenvalue weighted by atomic mass is 10.2. The van der Waals surface area contributed by atoms with Crippen LogP contribution >= 0.6 is 11.3 Å². The summed E-state index contributed by atoms with van der Waals surface area (Å²) in [5.74, 6) is 0. The molecule has 0 bridgehead atoms. The predicted octanol–water partition coefficient (Wildman–Crippen LogP) is 3.58. The first-order chi connectivity index (χ1) is 8.84. The summed E-state index contributed by atoms with van der Waals surface area (Å²) in [5.41, 5.74) is 4.09. The van der Waals surface area contributed by atoms with E-state index in [1.165, 1.54) is 0 Å². The predicted molar refractivity (Wildman–Crippen MR) is 73.3 cm³/mol. The number of nitrogens with zero attached hydrogens (tertiary/aromatic N) is 3. The van der Waals surface area contributed by atoms with Crippen molar-refractivity contribution >= 4 is 11.3 Å². The minimum absolute atomic E-state index is 0.951. The van der Waals surface area contributed by atoms with Crippen LogP contribution in [0.25, 0.3) is 22.0 Å². The Kier molecular flexibility index (Phi) is 2.86. The molecule has 0 aromatic carbocycles. The van der Waals surface area contributed by atoms with Gasteiger partial charge in [-0.2, -0.15) is 0 Å². The molecule has 0 radical (unpaired) electrons. The van der Waals surface area contributed by atoms with E-state index in [0.717, 1.165) is 27.5 Å². The summed E-state index contributed by atoms with van der Waals surface area (Å²) in [4.78, 5) is 13.1. The van der Waals surface area contributed by atoms with Crippen LogP contribution in [0.1, 0.15) is 5.56 Å². The summed E-state index contributed by atoms with van der Waals surface area (Å²) >= 11 is 1.61. The van der Waals surface area contributed by atoms with E-state index in [2.05, 4.69) is 15.0 Å². The Balaban J connectivity index is 2.03. The molecule has 3 rings (SSSR count). The van der Waals surface area contributed by atoms with Gasteiger partial charge in [0.25, 0.3) is 0 Å². The highest BCUT2D eigenvalue weighted by Crippen LogP contribution is 2.28. The molecule has 0 aliphatic heterocycles. The second kappa shape index (κ2) is 4.66. The van der Waals surface area contributed by atoms with Gasteiger partial charge in [0, 0.05) is 29.5 Å². The van der Waals surface area contributed by atoms with Crippen molar-refractivity contribution in [1.82, 2.24) is 15.0 Å². The van der Waals surface area contributed by atoms with Crippen LogP contribution in [-0.2, 0) is 0 Å². The maximum Gasteiger partial charge on any atom is 0.142 e. The van der Waals surface area contributed by atoms with Crippen molar-refractivity contribution in [2.75, 3.05) is 0 Å². The van der Waals surface area contributed by atoms with Crippen molar-refractivity contribution in [3.05, 3.63) is 53.8 Å². The Labute approximate surface area is 109 Å². The summed E-state index contributed by atoms with van der Waals surface area (Å²) in [6.07, 6.45) is 5.39. The first-order valence-corrected chi connectivity index (χ1v) is 6.50. The number of rotatable bonds is 2. The maximum atomic E-state index is 4.63. The lowest BCUT2D eigenvalue weighted by Gasteiger charge is -1.99. The topological polar surface area (TPSA) is 38.7 Å². The van der Waals surface area contributed by atoms with Crippen LogP contribution in [0.15, 0.2) is 48.2 Å². The number of hydrogen-bond donors (Lipinski definition) is 0. The standard InChI is InChI=1S/C14H11N3S/c1-10-4-2-7-16-13(10)14-17-12(9-18-14)11-5-3-6-15-8-11/h2-9H,1H3. The molecular formula is C14H11N3S. The minimum atomic E-state index is 0.951. The molecule has 0 amide bonds. The van der Waals surface area contributed by atoms with Gasteiger partial charge in [-0.1, -0.05) is 6.07 Å². The summed E-state index contributed by atoms with van der Waals surface area (Å²) < 4.78 is 0. The van der Waals surface area contributed by atoms with Gasteiger partial charge in [-0.3, -0.25) is 9.97 Å². The molecule has 0 aliphatic carbocycles. The smallest absolute Gasteiger partial charge is 0.142 e. The van der Waals surface area contributed by atoms with E-state index in [-0.39, 0.29) is 0 Å². The molecule has 88 valence electrons. The van der Waals surface area contributed by atoms with E-state index in [4.69, 9.17) is 0 Å². The highest BCUT2D eigenvalue weighted by molar-refractivity contribution is 7.13. The molecule has 0 saturated heterocycles. The number of hydrogen-bond acceptors (Lipinski definition) is 4. The molecule has 0 atom stereocenters. The van der Waals surface area contributed by atoms with Crippen molar-refractivity contribution in [1.29, 1.82) is 0 Å². The fourth-order valence-electron chi connectivity index (χ4n) is 1.74. The molecule has 0 saturated carbocycles. The Morgan fingerprint density at radius 3 is 2.78 bits per heavy atom. The molecule has 3 aromatic rings. The van der Waals surface area contributed by atoms with E-state index in [0.29, 0.717) is 0 Å². The largest absolute Gasteiger partial charge is 0.264 e. The van der Waals surface area contributed by atoms with Crippen LogP contribution in [-0.4, -0.2) is 15.0 Å². The lowest BCUT2D eigenvalue weighted by Crippen LogP contribution is -1.86. The van der Waals surface area contributed by atoms with Gasteiger partial charge >= 0.3 is 0 Å². The molecule has 3 aromatic heterocycles. The van der Waals surface area contributed by atoms with Gasteiger partial charge in [-0.25, -0.2) is 4.98 Å². The number of aryl methyl sites for hydroxylation is 1. The van der Waals surface area contributed by atoms with Gasteiger partial charge < -0.3 is 0 Å². The van der Waals surface area contributed by atoms with Gasteiger partial charge in [0.15, 0.2) is 0 Å². The summed E-state index contributed by atoms with van der Waals surface area (Å²) in [7, 11) is 0. The Hall–Kier alpha value is -2.07. The van der Waals surface area contributed by atoms with Gasteiger partial charge in [-0.15, -0.1) is 11.3 Å². The number of thiazole rings is 1. The molecule has 3 nitrogen and oxygen atoms in total. The van der Waals surface area contributed by atoms with Crippen molar-refractivity contribution in [3.8, 4) is 22.0 Å². The second-order valence-electron chi connectivity index (χ2n) is 3.95. The number of pyridine rings is 2. The minimum Gasteiger partial charge on any atom is -0.264 e. The summed E-state index contributed by atoms with van der Waals surface area (Å²) in [6, 6.07) is 7.92. The molecule has 0 spiro atoms. The van der Waals surface area contributed by atoms with Crippen molar-refractivity contribution in [2.24, 2.45) is 0 Å². The van der Waals surface area contributed by atoms with Gasteiger partial charge in [-0.05, 0) is 30.7 Å². The average molecular weight is 253 g/mol. The van der Waals surface area contributed by atoms with Crippen molar-refractivity contribution < 1.29 is 0 Å². The summed E-state index contributed by atoms with van der Waals surface area (Å²) in [5, 5.41) is 2.99. The second-order valence-corrected chi connectivity index (χ2v) is 4.81. The Bertz CT molecular complexity index is 662. The quantitative estimate of drug-likeness (QED) is 0.700. The first kappa shape index (κ1) is 11.0. The molecule has 0 aliphatic rings. The number of aromatic nitrogens is 3. The Morgan fingerprint density at radius 2 is 2.00 bits per heavy atom. The normalized spacial score (nSPS) is 10.5. The average Bonchev–Trinajstić information content (AvgIpc) is 2.90. The molecule has 4 heteroatoms. The monoisotopic (exact) mass is 253 g/mol. The van der Waals surface area contributed by atoms with Gasteiger partial charge in [0.2, 0.25) is 0 Å². The van der Waals surface area contributed by atoms with Crippen LogP contribution in [0, 0.1) is 6.92 Å². The third-order valence-corrected chi connectivity index (χ3v) is 3.52. The first-order valence-electron chi connectivity index (χ1n) is 5.62. The van der Waals surface area contributed by atoms with E-state index >= 15 is 0 Å². The molecular weight excluding hydrogens is 242 g/mol. The van der Waals surface area contributed by atoms with Crippen LogP contribution in [0.3, 0.4) is 0 Å². The third kappa shape index (κ3) is 2.02. The van der Waals surface area contributed by atoms with Crippen LogP contribution < -0.4 is 0 Å². The lowest BCUT2D eigenvalue weighted by molar-refractivity contribution is 1.24. The van der Waals surface area contributed by atoms with Gasteiger partial charge in [0.1, 0.15) is 10.7 Å². The zero-order valence-corrected chi connectivity index (χ0v) is 10.7. The van der Waals surface area contributed by atoms with Crippen LogP contribution in [0.4, 0.5) is 0 Å². The maximum absolute atomic E-state index is 4.63. The molecule has 0 N–H and O–H groups in total. The molecule has 0 unspecified atom stereocenters. The fourth-order valence-corrected chi connectivity index (χ4v) is 2.63. The van der Waals surface area contributed by atoms with E-state index < -0.39 is 0 Å². The summed E-state index contributed by atoms with van der Waals surface area (Å²) in [6.45, 7) is 2.05. The highest BCUT2D eigenvalue weighted by atomic mass is 32.1. The van der Waals surface area contributed by atoms with Crippen LogP contribution in [0.5, 0.6) is 0 Å². The van der Waals surface area contributed by atoms with Crippen LogP contribution in [0.2, 0.25) is 0 Å². The third-order valence-electron chi connectivity index (χ3n) is 2.67. The highest BCUT2D eigenvalue weighted by Gasteiger charge is 2.09. The van der Waals surface area contributed by atoms with E-state index in [1.807, 2.05) is 42.8 Å². The van der Waals surface area contributed by atoms with Crippen molar-refractivity contribution in [2.45, 2.75) is 6.92 Å². The van der Waals surface area contributed by atoms with Crippen molar-refractivity contribution in [3.63, 3.8) is 0 Å². The fraction of sp³-hybridized carbons (Fsp3) is 0.0714. The Morgan fingerprint density at radius 1 is 1.11 bits per heavy atom. The molecule has 18 heavy (non-hydrogen) atoms. The van der Waals surface area contributed by atoms with E-state index in [1.54, 1.807) is 23.7 Å². The van der Waals surface area contributed by atoms with E-state index in [9.17, 15) is 0 Å². The zero-order valence-electron chi connectivity index (χ0n) is 9.87. The zero-order chi connectivity index (χ0) is 12.4. The molecule has 0 fully saturated rings. The van der Waals surface area contributed by atoms with Gasteiger partial charge in [0.05, 0.1) is 5.69 Å².